The summed E-state index contributed by atoms with van der Waals surface area (Å²) in [6.45, 7) is 1.30. The minimum absolute atomic E-state index is 0.221. The molecule has 0 atom stereocenters. The van der Waals surface area contributed by atoms with Crippen molar-refractivity contribution in [1.82, 2.24) is 15.5 Å². The van der Waals surface area contributed by atoms with Crippen LogP contribution in [-0.2, 0) is 4.79 Å². The number of nitrogens with zero attached hydrogens (tertiary/aromatic N) is 1. The van der Waals surface area contributed by atoms with E-state index in [1.165, 1.54) is 45.6 Å². The van der Waals surface area contributed by atoms with Crippen molar-refractivity contribution in [1.29, 1.82) is 0 Å². The quantitative estimate of drug-likeness (QED) is 0.827. The molecule has 0 aromatic heterocycles. The van der Waals surface area contributed by atoms with Crippen LogP contribution in [0.15, 0.2) is 0 Å². The van der Waals surface area contributed by atoms with E-state index in [0.29, 0.717) is 12.0 Å². The molecule has 3 amide bonds. The Labute approximate surface area is 126 Å². The minimum Gasteiger partial charge on any atom is -0.341 e. The monoisotopic (exact) mass is 293 g/mol. The number of carbonyl (C=O) groups excluding carboxylic acids is 2. The Kier molecular flexibility index (Phi) is 3.95. The van der Waals surface area contributed by atoms with E-state index in [1.807, 2.05) is 7.05 Å². The third-order valence-corrected chi connectivity index (χ3v) is 5.66. The van der Waals surface area contributed by atoms with Crippen LogP contribution >= 0.6 is 0 Å². The van der Waals surface area contributed by atoms with Crippen LogP contribution in [0.2, 0.25) is 0 Å². The summed E-state index contributed by atoms with van der Waals surface area (Å²) in [6.07, 6.45) is 8.38. The lowest BCUT2D eigenvalue weighted by atomic mass is 9.49. The van der Waals surface area contributed by atoms with Gasteiger partial charge in [-0.1, -0.05) is 0 Å². The summed E-state index contributed by atoms with van der Waals surface area (Å²) in [4.78, 5) is 25.0. The molecule has 4 aliphatic rings. The zero-order valence-electron chi connectivity index (χ0n) is 13.2. The van der Waals surface area contributed by atoms with E-state index in [1.54, 1.807) is 0 Å². The SMILES string of the molecule is CNC(=O)NC(=O)CN(C)CC12CC3CC(CC(C3)C1)C2. The maximum atomic E-state index is 11.8. The zero-order valence-corrected chi connectivity index (χ0v) is 13.2. The van der Waals surface area contributed by atoms with E-state index in [2.05, 4.69) is 15.5 Å². The number of amides is 3. The Hall–Kier alpha value is -1.10. The number of hydrogen-bond acceptors (Lipinski definition) is 3. The fourth-order valence-corrected chi connectivity index (χ4v) is 5.59. The second-order valence-electron chi connectivity index (χ2n) is 7.72. The Balaban J connectivity index is 1.54. The molecule has 4 fully saturated rings. The smallest absolute Gasteiger partial charge is 0.321 e. The van der Waals surface area contributed by atoms with Gasteiger partial charge in [0.1, 0.15) is 0 Å². The maximum absolute atomic E-state index is 11.8. The average molecular weight is 293 g/mol. The summed E-state index contributed by atoms with van der Waals surface area (Å²) >= 11 is 0. The third-order valence-electron chi connectivity index (χ3n) is 5.66. The van der Waals surface area contributed by atoms with Crippen LogP contribution in [0.5, 0.6) is 0 Å². The van der Waals surface area contributed by atoms with E-state index < -0.39 is 6.03 Å². The van der Waals surface area contributed by atoms with Gasteiger partial charge < -0.3 is 5.32 Å². The first kappa shape index (κ1) is 14.8. The molecule has 4 rings (SSSR count). The van der Waals surface area contributed by atoms with Crippen LogP contribution in [0.4, 0.5) is 4.79 Å². The van der Waals surface area contributed by atoms with Crippen LogP contribution in [0, 0.1) is 23.2 Å². The van der Waals surface area contributed by atoms with Gasteiger partial charge in [0.2, 0.25) is 5.91 Å². The van der Waals surface area contributed by atoms with E-state index >= 15 is 0 Å². The molecule has 0 saturated heterocycles. The first-order chi connectivity index (χ1) is 9.98. The minimum atomic E-state index is -0.428. The van der Waals surface area contributed by atoms with Crippen molar-refractivity contribution in [2.75, 3.05) is 27.2 Å². The van der Waals surface area contributed by atoms with Gasteiger partial charge in [-0.15, -0.1) is 0 Å². The van der Waals surface area contributed by atoms with Gasteiger partial charge in [0.25, 0.3) is 0 Å². The molecule has 0 aromatic carbocycles. The maximum Gasteiger partial charge on any atom is 0.321 e. The molecule has 0 spiro atoms. The van der Waals surface area contributed by atoms with Gasteiger partial charge >= 0.3 is 6.03 Å². The van der Waals surface area contributed by atoms with Crippen LogP contribution < -0.4 is 10.6 Å². The van der Waals surface area contributed by atoms with E-state index in [-0.39, 0.29) is 5.91 Å². The summed E-state index contributed by atoms with van der Waals surface area (Å²) in [5, 5.41) is 4.74. The normalized spacial score (nSPS) is 36.8. The van der Waals surface area contributed by atoms with Crippen molar-refractivity contribution in [3.05, 3.63) is 0 Å². The van der Waals surface area contributed by atoms with Crippen LogP contribution in [0.3, 0.4) is 0 Å². The lowest BCUT2D eigenvalue weighted by molar-refractivity contribution is -0.122. The highest BCUT2D eigenvalue weighted by molar-refractivity contribution is 5.95. The predicted molar refractivity (Wildman–Crippen MR) is 80.7 cm³/mol. The van der Waals surface area contributed by atoms with Crippen molar-refractivity contribution in [2.45, 2.75) is 38.5 Å². The number of rotatable bonds is 4. The number of nitrogens with one attached hydrogen (secondary N) is 2. The first-order valence-corrected chi connectivity index (χ1v) is 8.18. The van der Waals surface area contributed by atoms with Gasteiger partial charge in [-0.05, 0) is 68.7 Å². The molecule has 0 radical (unpaired) electrons. The molecule has 4 saturated carbocycles. The highest BCUT2D eigenvalue weighted by atomic mass is 16.2. The standard InChI is InChI=1S/C16H27N3O2/c1-17-15(21)18-14(20)9-19(2)10-16-6-11-3-12(7-16)5-13(4-11)8-16/h11-13H,3-10H2,1-2H3,(H2,17,18,20,21). The summed E-state index contributed by atoms with van der Waals surface area (Å²) < 4.78 is 0. The van der Waals surface area contributed by atoms with Gasteiger partial charge in [-0.3, -0.25) is 15.0 Å². The highest BCUT2D eigenvalue weighted by Crippen LogP contribution is 2.60. The molecule has 0 aromatic rings. The van der Waals surface area contributed by atoms with Gasteiger partial charge in [-0.2, -0.15) is 0 Å². The molecule has 2 N–H and O–H groups in total. The van der Waals surface area contributed by atoms with Gasteiger partial charge in [0.05, 0.1) is 6.54 Å². The largest absolute Gasteiger partial charge is 0.341 e. The number of hydrogen-bond donors (Lipinski definition) is 2. The summed E-state index contributed by atoms with van der Waals surface area (Å²) in [5.74, 6) is 2.58. The van der Waals surface area contributed by atoms with E-state index in [0.717, 1.165) is 24.3 Å². The number of imide groups is 1. The fourth-order valence-electron chi connectivity index (χ4n) is 5.59. The molecule has 0 heterocycles. The molecule has 5 nitrogen and oxygen atoms in total. The highest BCUT2D eigenvalue weighted by Gasteiger charge is 2.51. The number of likely N-dealkylation sites (N-methyl/N-ethyl adjacent to an activating group) is 1. The van der Waals surface area contributed by atoms with Crippen molar-refractivity contribution in [2.24, 2.45) is 23.2 Å². The molecule has 118 valence electrons. The predicted octanol–water partition coefficient (Wildman–Crippen LogP) is 1.59. The lowest BCUT2D eigenvalue weighted by Crippen LogP contribution is -2.52. The van der Waals surface area contributed by atoms with Crippen LogP contribution in [0.1, 0.15) is 38.5 Å². The molecule has 0 aliphatic heterocycles. The zero-order chi connectivity index (χ0) is 15.0. The molecule has 4 bridgehead atoms. The summed E-state index contributed by atoms with van der Waals surface area (Å²) in [5.41, 5.74) is 0.441. The van der Waals surface area contributed by atoms with Crippen molar-refractivity contribution < 1.29 is 9.59 Å². The molecule has 4 aliphatic carbocycles. The molecular weight excluding hydrogens is 266 g/mol. The Bertz CT molecular complexity index is 400. The Morgan fingerprint density at radius 3 is 2.10 bits per heavy atom. The van der Waals surface area contributed by atoms with Crippen LogP contribution in [-0.4, -0.2) is 44.0 Å². The second-order valence-corrected chi connectivity index (χ2v) is 7.72. The van der Waals surface area contributed by atoms with Crippen molar-refractivity contribution in [3.8, 4) is 0 Å². The first-order valence-electron chi connectivity index (χ1n) is 8.18. The topological polar surface area (TPSA) is 61.4 Å². The van der Waals surface area contributed by atoms with Crippen molar-refractivity contribution in [3.63, 3.8) is 0 Å². The van der Waals surface area contributed by atoms with E-state index in [4.69, 9.17) is 0 Å². The third kappa shape index (κ3) is 3.23. The summed E-state index contributed by atoms with van der Waals surface area (Å²) in [7, 11) is 3.52. The molecular formula is C16H27N3O2. The second kappa shape index (κ2) is 5.59. The molecule has 0 unspecified atom stereocenters. The van der Waals surface area contributed by atoms with Gasteiger partial charge in [0.15, 0.2) is 0 Å². The van der Waals surface area contributed by atoms with E-state index in [9.17, 15) is 9.59 Å². The Morgan fingerprint density at radius 1 is 1.10 bits per heavy atom. The summed E-state index contributed by atoms with van der Waals surface area (Å²) in [6, 6.07) is -0.428. The number of urea groups is 1. The lowest BCUT2D eigenvalue weighted by Gasteiger charge is -2.57. The van der Waals surface area contributed by atoms with Gasteiger partial charge in [0, 0.05) is 13.6 Å². The van der Waals surface area contributed by atoms with Crippen molar-refractivity contribution >= 4 is 11.9 Å². The molecule has 21 heavy (non-hydrogen) atoms. The fraction of sp³-hybridized carbons (Fsp3) is 0.875. The van der Waals surface area contributed by atoms with Crippen LogP contribution in [0.25, 0.3) is 0 Å². The Morgan fingerprint density at radius 2 is 1.62 bits per heavy atom. The average Bonchev–Trinajstić information content (AvgIpc) is 2.35. The molecule has 5 heteroatoms. The van der Waals surface area contributed by atoms with Gasteiger partial charge in [-0.25, -0.2) is 4.79 Å². The number of carbonyl (C=O) groups is 2.